The minimum atomic E-state index is 0.0290. The van der Waals surface area contributed by atoms with Crippen LogP contribution in [0.1, 0.15) is 85.5 Å². The average molecular weight is 452 g/mol. The third kappa shape index (κ3) is 4.54. The molecule has 5 nitrogen and oxygen atoms in total. The van der Waals surface area contributed by atoms with Crippen LogP contribution < -0.4 is 0 Å². The van der Waals surface area contributed by atoms with Gasteiger partial charge in [0.2, 0.25) is 0 Å². The van der Waals surface area contributed by atoms with Gasteiger partial charge in [0.1, 0.15) is 0 Å². The third-order valence-electron chi connectivity index (χ3n) is 10.3. The Morgan fingerprint density at radius 1 is 0.844 bits per heavy atom. The van der Waals surface area contributed by atoms with Crippen molar-refractivity contribution >= 4 is 0 Å². The van der Waals surface area contributed by atoms with Crippen LogP contribution in [0.4, 0.5) is 0 Å². The second kappa shape index (κ2) is 9.81. The molecule has 32 heavy (non-hydrogen) atoms. The van der Waals surface area contributed by atoms with Crippen LogP contribution in [0.3, 0.4) is 0 Å². The predicted octanol–water partition coefficient (Wildman–Crippen LogP) is 4.45. The Balaban J connectivity index is 1.50. The first-order chi connectivity index (χ1) is 15.2. The Morgan fingerprint density at radius 3 is 2.19 bits per heavy atom. The summed E-state index contributed by atoms with van der Waals surface area (Å²) >= 11 is 0. The molecule has 0 aromatic rings. The van der Waals surface area contributed by atoms with E-state index >= 15 is 0 Å². The van der Waals surface area contributed by atoms with Crippen molar-refractivity contribution in [3.05, 3.63) is 0 Å². The average Bonchev–Trinajstić information content (AvgIpc) is 3.27. The fraction of sp³-hybridized carbons (Fsp3) is 1.00. The van der Waals surface area contributed by atoms with Gasteiger partial charge >= 0.3 is 0 Å². The highest BCUT2D eigenvalue weighted by Crippen LogP contribution is 2.66. The largest absolute Gasteiger partial charge is 0.395 e. The molecule has 0 aromatic carbocycles. The van der Waals surface area contributed by atoms with E-state index in [-0.39, 0.29) is 30.3 Å². The summed E-state index contributed by atoms with van der Waals surface area (Å²) in [7, 11) is 0. The molecule has 3 saturated carbocycles. The van der Waals surface area contributed by atoms with Crippen molar-refractivity contribution in [1.29, 1.82) is 0 Å². The minimum Gasteiger partial charge on any atom is -0.395 e. The molecule has 186 valence electrons. The molecule has 5 heteroatoms. The molecular weight excluding hydrogens is 402 g/mol. The molecule has 0 radical (unpaired) electrons. The van der Waals surface area contributed by atoms with Gasteiger partial charge in [0.25, 0.3) is 0 Å². The summed E-state index contributed by atoms with van der Waals surface area (Å²) in [5, 5.41) is 18.9. The van der Waals surface area contributed by atoms with Gasteiger partial charge in [-0.3, -0.25) is 4.90 Å². The van der Waals surface area contributed by atoms with Gasteiger partial charge in [0, 0.05) is 24.4 Å². The maximum atomic E-state index is 9.45. The van der Waals surface area contributed by atoms with Gasteiger partial charge in [-0.1, -0.05) is 40.5 Å². The highest BCUT2D eigenvalue weighted by atomic mass is 16.7. The predicted molar refractivity (Wildman–Crippen MR) is 127 cm³/mol. The molecule has 1 unspecified atom stereocenters. The lowest BCUT2D eigenvalue weighted by Gasteiger charge is -2.65. The van der Waals surface area contributed by atoms with Crippen LogP contribution in [0.25, 0.3) is 0 Å². The second-order valence-electron chi connectivity index (χ2n) is 12.6. The zero-order chi connectivity index (χ0) is 23.0. The van der Waals surface area contributed by atoms with E-state index in [4.69, 9.17) is 9.47 Å². The van der Waals surface area contributed by atoms with Gasteiger partial charge in [-0.25, -0.2) is 0 Å². The number of hydrogen-bond acceptors (Lipinski definition) is 5. The lowest BCUT2D eigenvalue weighted by molar-refractivity contribution is -0.322. The van der Waals surface area contributed by atoms with Gasteiger partial charge in [-0.15, -0.1) is 0 Å². The van der Waals surface area contributed by atoms with Gasteiger partial charge < -0.3 is 19.7 Å². The summed E-state index contributed by atoms with van der Waals surface area (Å²) in [5.74, 6) is 1.86. The van der Waals surface area contributed by atoms with Crippen LogP contribution >= 0.6 is 0 Å². The first kappa shape index (κ1) is 24.9. The first-order valence-electron chi connectivity index (χ1n) is 13.5. The van der Waals surface area contributed by atoms with E-state index in [2.05, 4.69) is 32.6 Å². The summed E-state index contributed by atoms with van der Waals surface area (Å²) in [5.41, 5.74) is 0.693. The van der Waals surface area contributed by atoms with Crippen molar-refractivity contribution in [3.63, 3.8) is 0 Å². The van der Waals surface area contributed by atoms with Gasteiger partial charge in [-0.05, 0) is 74.2 Å². The van der Waals surface area contributed by atoms with Crippen LogP contribution in [-0.4, -0.2) is 67.0 Å². The fourth-order valence-corrected chi connectivity index (χ4v) is 8.59. The lowest BCUT2D eigenvalue weighted by atomic mass is 9.42. The summed E-state index contributed by atoms with van der Waals surface area (Å²) < 4.78 is 13.2. The molecule has 4 aliphatic rings. The smallest absolute Gasteiger partial charge is 0.160 e. The topological polar surface area (TPSA) is 62.2 Å². The van der Waals surface area contributed by atoms with Crippen molar-refractivity contribution in [2.24, 2.45) is 34.0 Å². The van der Waals surface area contributed by atoms with Crippen LogP contribution in [0.5, 0.6) is 0 Å². The number of ether oxygens (including phenoxy) is 2. The van der Waals surface area contributed by atoms with Crippen molar-refractivity contribution in [2.45, 2.75) is 97.9 Å². The Labute approximate surface area is 196 Å². The Bertz CT molecular complexity index is 615. The molecule has 0 bridgehead atoms. The van der Waals surface area contributed by atoms with E-state index in [0.29, 0.717) is 42.4 Å². The van der Waals surface area contributed by atoms with Crippen LogP contribution in [-0.2, 0) is 9.47 Å². The first-order valence-corrected chi connectivity index (χ1v) is 13.5. The second-order valence-corrected chi connectivity index (χ2v) is 12.6. The lowest BCUT2D eigenvalue weighted by Crippen LogP contribution is -2.63. The van der Waals surface area contributed by atoms with E-state index < -0.39 is 0 Å². The molecule has 0 spiro atoms. The quantitative estimate of drug-likeness (QED) is 0.571. The molecule has 0 amide bonds. The highest BCUT2D eigenvalue weighted by molar-refractivity contribution is 5.10. The fourth-order valence-electron chi connectivity index (χ4n) is 8.59. The maximum absolute atomic E-state index is 9.45. The molecule has 2 N–H and O–H groups in total. The minimum absolute atomic E-state index is 0.0290. The summed E-state index contributed by atoms with van der Waals surface area (Å²) in [6, 6.07) is 0. The van der Waals surface area contributed by atoms with Gasteiger partial charge in [0.05, 0.1) is 25.9 Å². The molecule has 4 fully saturated rings. The molecule has 3 aliphatic carbocycles. The van der Waals surface area contributed by atoms with Crippen molar-refractivity contribution in [1.82, 2.24) is 4.90 Å². The van der Waals surface area contributed by atoms with Crippen LogP contribution in [0.15, 0.2) is 0 Å². The summed E-state index contributed by atoms with van der Waals surface area (Å²) in [4.78, 5) is 2.23. The van der Waals surface area contributed by atoms with Crippen molar-refractivity contribution in [2.75, 3.05) is 39.5 Å². The number of aliphatic hydroxyl groups is 2. The van der Waals surface area contributed by atoms with E-state index in [1.807, 2.05) is 0 Å². The standard InChI is InChI=1S/C27H49NO4/c1-25(2)12-9-22-26(3,21(25)11-14-28(15-17-29)16-18-30)13-10-23-27(22,4)19-31-24(32-23)20-7-5-6-8-20/h20-24,29-30H,5-19H2,1-4H3/t21-,22?,23-,24-,26+,27+/m1/s1. The van der Waals surface area contributed by atoms with E-state index in [1.54, 1.807) is 0 Å². The van der Waals surface area contributed by atoms with Crippen molar-refractivity contribution < 1.29 is 19.7 Å². The third-order valence-corrected chi connectivity index (χ3v) is 10.3. The van der Waals surface area contributed by atoms with Gasteiger partial charge in [-0.2, -0.15) is 0 Å². The molecule has 6 atom stereocenters. The number of hydrogen-bond donors (Lipinski definition) is 2. The molecule has 1 aliphatic heterocycles. The highest BCUT2D eigenvalue weighted by Gasteiger charge is 2.62. The normalized spacial score (nSPS) is 42.1. The maximum Gasteiger partial charge on any atom is 0.160 e. The SMILES string of the molecule is CC1(C)CCC2[C@]3(C)CO[C@@H](C4CCCC4)O[C@@H]3CC[C@@]2(C)[C@@H]1CCN(CCO)CCO. The molecule has 4 rings (SSSR count). The number of fused-ring (bicyclic) bond motifs is 3. The number of nitrogens with zero attached hydrogens (tertiary/aromatic N) is 1. The molecule has 1 heterocycles. The number of aliphatic hydroxyl groups excluding tert-OH is 2. The Hall–Kier alpha value is -0.200. The molecule has 1 saturated heterocycles. The van der Waals surface area contributed by atoms with E-state index in [0.717, 1.165) is 26.0 Å². The van der Waals surface area contributed by atoms with Gasteiger partial charge in [0.15, 0.2) is 6.29 Å². The monoisotopic (exact) mass is 451 g/mol. The van der Waals surface area contributed by atoms with E-state index in [9.17, 15) is 10.2 Å². The molecular formula is C27H49NO4. The zero-order valence-corrected chi connectivity index (χ0v) is 21.2. The van der Waals surface area contributed by atoms with Crippen LogP contribution in [0, 0.1) is 34.0 Å². The Morgan fingerprint density at radius 2 is 1.53 bits per heavy atom. The zero-order valence-electron chi connectivity index (χ0n) is 21.2. The molecule has 0 aromatic heterocycles. The van der Waals surface area contributed by atoms with Crippen molar-refractivity contribution in [3.8, 4) is 0 Å². The summed E-state index contributed by atoms with van der Waals surface area (Å²) in [6.45, 7) is 13.4. The van der Waals surface area contributed by atoms with E-state index in [1.165, 1.54) is 44.9 Å². The summed E-state index contributed by atoms with van der Waals surface area (Å²) in [6.07, 6.45) is 11.6. The van der Waals surface area contributed by atoms with Crippen LogP contribution in [0.2, 0.25) is 0 Å². The Kier molecular flexibility index (Phi) is 7.64. The number of rotatable bonds is 8.